The molecule has 2 aromatic carbocycles. The number of ketones is 1. The van der Waals surface area contributed by atoms with Crippen molar-refractivity contribution in [3.63, 3.8) is 0 Å². The van der Waals surface area contributed by atoms with Crippen LogP contribution in [0.15, 0.2) is 42.3 Å². The van der Waals surface area contributed by atoms with Gasteiger partial charge in [-0.3, -0.25) is 9.69 Å². The molecule has 1 heterocycles. The number of hydrogen-bond donors (Lipinski definition) is 0. The number of likely N-dealkylation sites (tertiary alicyclic amines) is 1. The number of carbonyl (C=O) groups excluding carboxylic acids is 1. The summed E-state index contributed by atoms with van der Waals surface area (Å²) in [6, 6.07) is -0.0349. The van der Waals surface area contributed by atoms with E-state index in [1.54, 1.807) is 6.07 Å². The summed E-state index contributed by atoms with van der Waals surface area (Å²) in [6.45, 7) is -2.38. The molecule has 1 atom stereocenters. The van der Waals surface area contributed by atoms with Gasteiger partial charge in [0.05, 0.1) is 21.1 Å². The first-order chi connectivity index (χ1) is 17.6. The lowest BCUT2D eigenvalue weighted by atomic mass is 9.85. The Bertz CT molecular complexity index is 1260. The van der Waals surface area contributed by atoms with Crippen LogP contribution in [-0.2, 0) is 12.9 Å². The summed E-state index contributed by atoms with van der Waals surface area (Å²) < 4.78 is 94.5. The van der Waals surface area contributed by atoms with E-state index >= 15 is 0 Å². The number of fused-ring (bicyclic) bond motifs is 1. The lowest BCUT2D eigenvalue weighted by Gasteiger charge is -2.32. The molecular formula is C24H29NO3. The highest BCUT2D eigenvalue weighted by Crippen LogP contribution is 2.39. The summed E-state index contributed by atoms with van der Waals surface area (Å²) in [6.07, 6.45) is -2.17. The number of carbonyl (C=O) groups is 1. The molecule has 0 radical (unpaired) electrons. The minimum Gasteiger partial charge on any atom is -0.493 e. The van der Waals surface area contributed by atoms with Crippen molar-refractivity contribution in [2.24, 2.45) is 11.8 Å². The van der Waals surface area contributed by atoms with Crippen molar-refractivity contribution in [3.8, 4) is 11.5 Å². The van der Waals surface area contributed by atoms with Crippen molar-refractivity contribution in [3.05, 3.63) is 59.0 Å². The molecule has 0 amide bonds. The molecule has 4 rings (SSSR count). The number of ether oxygens (including phenoxy) is 2. The predicted molar refractivity (Wildman–Crippen MR) is 110 cm³/mol. The largest absolute Gasteiger partial charge is 0.493 e. The number of hydrogen-bond acceptors (Lipinski definition) is 4. The van der Waals surface area contributed by atoms with E-state index in [1.165, 1.54) is 25.2 Å². The van der Waals surface area contributed by atoms with Crippen LogP contribution < -0.4 is 9.47 Å². The first-order valence-electron chi connectivity index (χ1n) is 14.3. The maximum Gasteiger partial charge on any atom is 0.166 e. The molecule has 4 nitrogen and oxygen atoms in total. The average Bonchev–Trinajstić information content (AvgIpc) is 3.15. The third-order valence-corrected chi connectivity index (χ3v) is 5.14. The topological polar surface area (TPSA) is 38.8 Å². The van der Waals surface area contributed by atoms with Gasteiger partial charge in [0.15, 0.2) is 17.3 Å². The normalized spacial score (nSPS) is 29.0. The molecule has 148 valence electrons. The van der Waals surface area contributed by atoms with Gasteiger partial charge in [0.1, 0.15) is 0 Å². The summed E-state index contributed by atoms with van der Waals surface area (Å²) in [7, 11) is 2.87. The van der Waals surface area contributed by atoms with Gasteiger partial charge in [-0.25, -0.2) is 0 Å². The first-order valence-corrected chi connectivity index (χ1v) is 9.25. The molecule has 0 bridgehead atoms. The second-order valence-corrected chi connectivity index (χ2v) is 6.87. The average molecular weight is 390 g/mol. The molecular weight excluding hydrogens is 350 g/mol. The fourth-order valence-corrected chi connectivity index (χ4v) is 3.67. The van der Waals surface area contributed by atoms with Crippen molar-refractivity contribution in [2.45, 2.75) is 32.1 Å². The van der Waals surface area contributed by atoms with Crippen LogP contribution in [0.25, 0.3) is 0 Å². The van der Waals surface area contributed by atoms with E-state index in [4.69, 9.17) is 23.2 Å². The molecule has 0 spiro atoms. The van der Waals surface area contributed by atoms with Gasteiger partial charge in [0, 0.05) is 24.8 Å². The maximum atomic E-state index is 13.4. The van der Waals surface area contributed by atoms with Crippen LogP contribution in [0.1, 0.15) is 54.4 Å². The highest BCUT2D eigenvalue weighted by atomic mass is 16.5. The number of piperidine rings is 1. The second-order valence-electron chi connectivity index (χ2n) is 6.87. The van der Waals surface area contributed by atoms with Crippen molar-refractivity contribution < 1.29 is 28.0 Å². The number of methoxy groups -OCH3 is 2. The van der Waals surface area contributed by atoms with Crippen LogP contribution >= 0.6 is 0 Å². The van der Waals surface area contributed by atoms with Gasteiger partial charge in [-0.15, -0.1) is 0 Å². The monoisotopic (exact) mass is 389 g/mol. The highest BCUT2D eigenvalue weighted by Gasteiger charge is 2.34. The number of Topliss-reactive ketones (excluding diaryl/α,β-unsaturated/α-hetero) is 1. The van der Waals surface area contributed by atoms with E-state index in [-0.39, 0.29) is 37.9 Å². The van der Waals surface area contributed by atoms with Gasteiger partial charge in [0.2, 0.25) is 0 Å². The molecule has 0 N–H and O–H groups in total. The van der Waals surface area contributed by atoms with Crippen molar-refractivity contribution >= 4 is 5.78 Å². The summed E-state index contributed by atoms with van der Waals surface area (Å²) >= 11 is 0. The zero-order valence-electron chi connectivity index (χ0n) is 25.9. The van der Waals surface area contributed by atoms with Crippen molar-refractivity contribution in [1.82, 2.24) is 4.90 Å². The van der Waals surface area contributed by atoms with E-state index in [0.29, 0.717) is 17.1 Å². The molecule has 0 aromatic heterocycles. The Morgan fingerprint density at radius 1 is 1.14 bits per heavy atom. The fraction of sp³-hybridized carbons (Fsp3) is 0.458. The minimum absolute atomic E-state index is 0.0121. The van der Waals surface area contributed by atoms with Crippen LogP contribution in [0.4, 0.5) is 0 Å². The molecule has 4 heteroatoms. The lowest BCUT2D eigenvalue weighted by Crippen LogP contribution is -2.34. The molecule has 2 aromatic rings. The van der Waals surface area contributed by atoms with Crippen LogP contribution in [0.2, 0.25) is 0 Å². The number of rotatable bonds is 6. The zero-order valence-corrected chi connectivity index (χ0v) is 15.9. The minimum atomic E-state index is -2.41. The Labute approximate surface area is 181 Å². The Hall–Kier alpha value is -2.33. The second kappa shape index (κ2) is 8.36. The van der Waals surface area contributed by atoms with Gasteiger partial charge >= 0.3 is 0 Å². The molecule has 28 heavy (non-hydrogen) atoms. The third kappa shape index (κ3) is 3.93. The number of nitrogens with zero attached hydrogens (tertiary/aromatic N) is 1. The quantitative estimate of drug-likeness (QED) is 0.736. The van der Waals surface area contributed by atoms with Crippen LogP contribution in [0.5, 0.6) is 11.5 Å². The highest BCUT2D eigenvalue weighted by molar-refractivity contribution is 6.02. The van der Waals surface area contributed by atoms with Gasteiger partial charge in [0.25, 0.3) is 0 Å². The zero-order chi connectivity index (χ0) is 28.4. The summed E-state index contributed by atoms with van der Waals surface area (Å²) in [4.78, 5) is 14.7. The summed E-state index contributed by atoms with van der Waals surface area (Å²) in [5.41, 5.74) is 0.254. The molecule has 2 aliphatic rings. The van der Waals surface area contributed by atoms with Gasteiger partial charge in [-0.2, -0.15) is 0 Å². The summed E-state index contributed by atoms with van der Waals surface area (Å²) in [5.74, 6) is -2.78. The number of benzene rings is 2. The predicted octanol–water partition coefficient (Wildman–Crippen LogP) is 4.36. The molecule has 1 aliphatic carbocycles. The fourth-order valence-electron chi connectivity index (χ4n) is 3.67. The van der Waals surface area contributed by atoms with E-state index in [0.717, 1.165) is 0 Å². The van der Waals surface area contributed by atoms with E-state index in [9.17, 15) is 4.79 Å². The standard InChI is InChI=1S/C24H29NO3/c1-27-22-14-19-13-20(24(26)21(19)15-23(22)28-2)12-17-8-10-25(11-9-17)16-18-6-4-3-5-7-18/h3-7,14-15,17,20H,8-13,16H2,1-2H3/i3D,4D,5D,6D,7D,12D2,16D2,20D. The summed E-state index contributed by atoms with van der Waals surface area (Å²) in [5, 5.41) is 0. The Balaban J connectivity index is 1.58. The lowest BCUT2D eigenvalue weighted by molar-refractivity contribution is 0.0895. The van der Waals surface area contributed by atoms with E-state index in [1.807, 2.05) is 0 Å². The Kier molecular flexibility index (Phi) is 3.12. The molecule has 1 aliphatic heterocycles. The molecule has 1 fully saturated rings. The van der Waals surface area contributed by atoms with Gasteiger partial charge in [-0.05, 0) is 67.9 Å². The SMILES string of the molecule is [2H]c1c([2H])c([2H])c(C([2H])([2H])N2CCC(C([2H])([2H])C3([2H])Cc4cc(OC)c(OC)cc4C3=O)CC2)c([2H])c1[2H]. The molecule has 1 unspecified atom stereocenters. The Morgan fingerprint density at radius 2 is 1.82 bits per heavy atom. The maximum absolute atomic E-state index is 13.4. The van der Waals surface area contributed by atoms with E-state index in [2.05, 4.69) is 0 Å². The third-order valence-electron chi connectivity index (χ3n) is 5.14. The Morgan fingerprint density at radius 3 is 2.50 bits per heavy atom. The molecule has 1 saturated heterocycles. The van der Waals surface area contributed by atoms with Crippen LogP contribution in [-0.4, -0.2) is 38.0 Å². The molecule has 0 saturated carbocycles. The van der Waals surface area contributed by atoms with Crippen LogP contribution in [0, 0.1) is 11.8 Å². The van der Waals surface area contributed by atoms with Gasteiger partial charge < -0.3 is 9.47 Å². The van der Waals surface area contributed by atoms with Crippen molar-refractivity contribution in [1.29, 1.82) is 0 Å². The van der Waals surface area contributed by atoms with Crippen molar-refractivity contribution in [2.75, 3.05) is 27.3 Å². The van der Waals surface area contributed by atoms with Gasteiger partial charge in [-0.1, -0.05) is 30.2 Å². The first kappa shape index (κ1) is 10.4. The van der Waals surface area contributed by atoms with E-state index < -0.39 is 66.2 Å². The smallest absolute Gasteiger partial charge is 0.166 e. The van der Waals surface area contributed by atoms with Crippen LogP contribution in [0.3, 0.4) is 0 Å².